The van der Waals surface area contributed by atoms with Gasteiger partial charge in [-0.25, -0.2) is 9.48 Å². The van der Waals surface area contributed by atoms with Gasteiger partial charge in [-0.1, -0.05) is 23.7 Å². The number of urea groups is 1. The lowest BCUT2D eigenvalue weighted by Gasteiger charge is -2.33. The van der Waals surface area contributed by atoms with Crippen molar-refractivity contribution in [1.29, 1.82) is 0 Å². The topological polar surface area (TPSA) is 105 Å². The number of aromatic nitrogens is 2. The summed E-state index contributed by atoms with van der Waals surface area (Å²) in [5.41, 5.74) is 6.21. The van der Waals surface area contributed by atoms with Crippen LogP contribution >= 0.6 is 24.0 Å². The number of piperidine rings is 1. The summed E-state index contributed by atoms with van der Waals surface area (Å²) in [6.45, 7) is 2.94. The molecule has 1 aromatic carbocycles. The SMILES string of the molecule is C[C@@H](N)C(=O)N1CCC(n2nccc2NC(=O)Nc2ccccc2Cl)CC1.Cl. The fraction of sp³-hybridized carbons (Fsp3) is 0.389. The Morgan fingerprint density at radius 3 is 2.54 bits per heavy atom. The molecule has 0 radical (unpaired) electrons. The Balaban J connectivity index is 0.00000280. The molecular weight excluding hydrogens is 403 g/mol. The molecule has 10 heteroatoms. The van der Waals surface area contributed by atoms with Gasteiger partial charge in [-0.3, -0.25) is 10.1 Å². The van der Waals surface area contributed by atoms with E-state index in [1.54, 1.807) is 53.0 Å². The van der Waals surface area contributed by atoms with Crippen molar-refractivity contribution >= 4 is 47.5 Å². The number of hydrogen-bond donors (Lipinski definition) is 3. The molecule has 0 unspecified atom stereocenters. The number of hydrogen-bond acceptors (Lipinski definition) is 4. The number of carbonyl (C=O) groups is 2. The molecule has 0 bridgehead atoms. The van der Waals surface area contributed by atoms with Crippen LogP contribution in [0.1, 0.15) is 25.8 Å². The molecule has 152 valence electrons. The van der Waals surface area contributed by atoms with Crippen molar-refractivity contribution in [3.8, 4) is 0 Å². The Kier molecular flexibility index (Phi) is 7.68. The zero-order valence-corrected chi connectivity index (χ0v) is 17.0. The molecule has 1 aliphatic rings. The Morgan fingerprint density at radius 2 is 1.89 bits per heavy atom. The molecule has 1 saturated heterocycles. The Hall–Kier alpha value is -2.29. The van der Waals surface area contributed by atoms with Crippen molar-refractivity contribution in [2.45, 2.75) is 31.8 Å². The molecule has 1 fully saturated rings. The van der Waals surface area contributed by atoms with E-state index >= 15 is 0 Å². The van der Waals surface area contributed by atoms with E-state index in [-0.39, 0.29) is 24.4 Å². The van der Waals surface area contributed by atoms with Gasteiger partial charge in [0.25, 0.3) is 0 Å². The molecule has 4 N–H and O–H groups in total. The predicted molar refractivity (Wildman–Crippen MR) is 112 cm³/mol. The molecule has 0 spiro atoms. The van der Waals surface area contributed by atoms with Crippen molar-refractivity contribution in [2.24, 2.45) is 5.73 Å². The lowest BCUT2D eigenvalue weighted by Crippen LogP contribution is -2.46. The maximum atomic E-state index is 12.3. The molecule has 3 rings (SSSR count). The summed E-state index contributed by atoms with van der Waals surface area (Å²) >= 11 is 6.06. The van der Waals surface area contributed by atoms with Gasteiger partial charge >= 0.3 is 6.03 Å². The van der Waals surface area contributed by atoms with Crippen LogP contribution in [0.2, 0.25) is 5.02 Å². The van der Waals surface area contributed by atoms with E-state index in [0.717, 1.165) is 12.8 Å². The predicted octanol–water partition coefficient (Wildman–Crippen LogP) is 3.11. The number of nitrogens with two attached hydrogens (primary N) is 1. The van der Waals surface area contributed by atoms with Crippen molar-refractivity contribution < 1.29 is 9.59 Å². The van der Waals surface area contributed by atoms with Crippen molar-refractivity contribution in [3.63, 3.8) is 0 Å². The molecule has 2 aromatic rings. The minimum atomic E-state index is -0.489. The molecule has 2 heterocycles. The van der Waals surface area contributed by atoms with Crippen LogP contribution in [0.3, 0.4) is 0 Å². The summed E-state index contributed by atoms with van der Waals surface area (Å²) in [5.74, 6) is 0.558. The summed E-state index contributed by atoms with van der Waals surface area (Å²) in [7, 11) is 0. The molecule has 3 amide bonds. The first kappa shape index (κ1) is 22.0. The Morgan fingerprint density at radius 1 is 1.21 bits per heavy atom. The molecule has 0 saturated carbocycles. The summed E-state index contributed by atoms with van der Waals surface area (Å²) in [6.07, 6.45) is 3.15. The average Bonchev–Trinajstić information content (AvgIpc) is 3.11. The number of carbonyl (C=O) groups excluding carboxylic acids is 2. The first-order valence-corrected chi connectivity index (χ1v) is 9.24. The molecule has 1 aliphatic heterocycles. The summed E-state index contributed by atoms with van der Waals surface area (Å²) < 4.78 is 1.79. The second-order valence-electron chi connectivity index (χ2n) is 6.57. The van der Waals surface area contributed by atoms with Crippen LogP contribution in [0.15, 0.2) is 36.5 Å². The summed E-state index contributed by atoms with van der Waals surface area (Å²) in [6, 6.07) is 7.99. The monoisotopic (exact) mass is 426 g/mol. The van der Waals surface area contributed by atoms with Crippen molar-refractivity contribution in [3.05, 3.63) is 41.6 Å². The number of nitrogens with zero attached hydrogens (tertiary/aromatic N) is 3. The zero-order valence-electron chi connectivity index (χ0n) is 15.5. The fourth-order valence-corrected chi connectivity index (χ4v) is 3.34. The minimum absolute atomic E-state index is 0. The quantitative estimate of drug-likeness (QED) is 0.697. The smallest absolute Gasteiger partial charge is 0.324 e. The number of nitrogens with one attached hydrogen (secondary N) is 2. The van der Waals surface area contributed by atoms with Crippen LogP contribution < -0.4 is 16.4 Å². The maximum absolute atomic E-state index is 12.3. The van der Waals surface area contributed by atoms with Crippen LogP contribution in [0, 0.1) is 0 Å². The van der Waals surface area contributed by atoms with Gasteiger partial charge in [0, 0.05) is 19.2 Å². The number of anilines is 2. The lowest BCUT2D eigenvalue weighted by molar-refractivity contribution is -0.133. The van der Waals surface area contributed by atoms with E-state index in [4.69, 9.17) is 17.3 Å². The summed E-state index contributed by atoms with van der Waals surface area (Å²) in [4.78, 5) is 26.1. The number of amides is 3. The average molecular weight is 427 g/mol. The number of rotatable bonds is 4. The third-order valence-corrected chi connectivity index (χ3v) is 4.88. The third-order valence-electron chi connectivity index (χ3n) is 4.55. The van der Waals surface area contributed by atoms with Crippen molar-refractivity contribution in [2.75, 3.05) is 23.7 Å². The molecular formula is C18H24Cl2N6O2. The van der Waals surface area contributed by atoms with Gasteiger partial charge in [0.2, 0.25) is 5.91 Å². The zero-order chi connectivity index (χ0) is 19.4. The van der Waals surface area contributed by atoms with Gasteiger partial charge in [0.1, 0.15) is 5.82 Å². The first-order valence-electron chi connectivity index (χ1n) is 8.86. The molecule has 1 aromatic heterocycles. The van der Waals surface area contributed by atoms with E-state index in [9.17, 15) is 9.59 Å². The number of benzene rings is 1. The van der Waals surface area contributed by atoms with Crippen molar-refractivity contribution in [1.82, 2.24) is 14.7 Å². The molecule has 1 atom stereocenters. The lowest BCUT2D eigenvalue weighted by atomic mass is 10.0. The van der Waals surface area contributed by atoms with Gasteiger partial charge in [0.05, 0.1) is 29.0 Å². The van der Waals surface area contributed by atoms with E-state index in [1.165, 1.54) is 0 Å². The molecule has 0 aliphatic carbocycles. The van der Waals surface area contributed by atoms with Gasteiger partial charge in [-0.15, -0.1) is 12.4 Å². The van der Waals surface area contributed by atoms with Crippen LogP contribution in [0.25, 0.3) is 0 Å². The van der Waals surface area contributed by atoms with E-state index in [1.807, 2.05) is 0 Å². The van der Waals surface area contributed by atoms with Crippen LogP contribution in [-0.4, -0.2) is 45.8 Å². The number of likely N-dealkylation sites (tertiary alicyclic amines) is 1. The van der Waals surface area contributed by atoms with E-state index < -0.39 is 12.1 Å². The maximum Gasteiger partial charge on any atom is 0.324 e. The van der Waals surface area contributed by atoms with E-state index in [2.05, 4.69) is 15.7 Å². The van der Waals surface area contributed by atoms with E-state index in [0.29, 0.717) is 29.6 Å². The Labute approximate surface area is 174 Å². The largest absolute Gasteiger partial charge is 0.341 e. The molecule has 28 heavy (non-hydrogen) atoms. The normalized spacial score (nSPS) is 15.5. The van der Waals surface area contributed by atoms with Gasteiger partial charge in [-0.05, 0) is 31.9 Å². The highest BCUT2D eigenvalue weighted by atomic mass is 35.5. The second kappa shape index (κ2) is 9.77. The third kappa shape index (κ3) is 5.15. The fourth-order valence-electron chi connectivity index (χ4n) is 3.16. The van der Waals surface area contributed by atoms with Gasteiger partial charge < -0.3 is 16.0 Å². The van der Waals surface area contributed by atoms with Crippen LogP contribution in [-0.2, 0) is 4.79 Å². The number of halogens is 2. The van der Waals surface area contributed by atoms with Gasteiger partial charge in [0.15, 0.2) is 0 Å². The second-order valence-corrected chi connectivity index (χ2v) is 6.97. The highest BCUT2D eigenvalue weighted by Gasteiger charge is 2.27. The first-order chi connectivity index (χ1) is 13.0. The van der Waals surface area contributed by atoms with Crippen LogP contribution in [0.4, 0.5) is 16.3 Å². The standard InChI is InChI=1S/C18H23ClN6O2.ClH/c1-12(20)17(26)24-10-7-13(8-11-24)25-16(6-9-21-25)23-18(27)22-15-5-3-2-4-14(15)19;/h2-6,9,12-13H,7-8,10-11,20H2,1H3,(H2,22,23,27);1H/t12-;/m1./s1. The highest BCUT2D eigenvalue weighted by Crippen LogP contribution is 2.26. The summed E-state index contributed by atoms with van der Waals surface area (Å²) in [5, 5.41) is 10.3. The highest BCUT2D eigenvalue weighted by molar-refractivity contribution is 6.33. The van der Waals surface area contributed by atoms with Gasteiger partial charge in [-0.2, -0.15) is 5.10 Å². The van der Waals surface area contributed by atoms with Crippen LogP contribution in [0.5, 0.6) is 0 Å². The Bertz CT molecular complexity index is 818. The molecule has 8 nitrogen and oxygen atoms in total. The number of para-hydroxylation sites is 1. The minimum Gasteiger partial charge on any atom is -0.341 e.